The molecule has 186 valence electrons. The maximum absolute atomic E-state index is 13.6. The van der Waals surface area contributed by atoms with Gasteiger partial charge in [0.2, 0.25) is 5.91 Å². The highest BCUT2D eigenvalue weighted by Gasteiger charge is 2.40. The zero-order chi connectivity index (χ0) is 25.3. The van der Waals surface area contributed by atoms with Crippen molar-refractivity contribution in [3.8, 4) is 5.69 Å². The molecule has 2 N–H and O–H groups in total. The number of benzene rings is 3. The van der Waals surface area contributed by atoms with E-state index >= 15 is 0 Å². The fourth-order valence-electron chi connectivity index (χ4n) is 5.32. The molecule has 4 aromatic rings. The topological polar surface area (TPSA) is 67.2 Å². The van der Waals surface area contributed by atoms with Crippen LogP contribution in [0.5, 0.6) is 0 Å². The number of carbonyl (C=O) groups is 1. The number of hydrogen-bond donors (Lipinski definition) is 2. The molecule has 1 fully saturated rings. The normalized spacial score (nSPS) is 18.9. The molecule has 1 aromatic heterocycles. The zero-order valence-corrected chi connectivity index (χ0v) is 20.7. The molecule has 0 radical (unpaired) electrons. The number of fused-ring (bicyclic) bond motifs is 1. The van der Waals surface area contributed by atoms with Crippen molar-refractivity contribution < 1.29 is 14.3 Å². The number of halogens is 1. The summed E-state index contributed by atoms with van der Waals surface area (Å²) in [6.07, 6.45) is 4.49. The minimum Gasteiger partial charge on any atom is -0.391 e. The van der Waals surface area contributed by atoms with Crippen LogP contribution < -0.4 is 5.32 Å². The minimum atomic E-state index is -0.723. The molecular weight excluding hydrogens is 453 g/mol. The van der Waals surface area contributed by atoms with Gasteiger partial charge in [-0.2, -0.15) is 5.10 Å². The van der Waals surface area contributed by atoms with Crippen molar-refractivity contribution in [3.63, 3.8) is 0 Å². The van der Waals surface area contributed by atoms with Crippen LogP contribution in [0.3, 0.4) is 0 Å². The number of nitrogens with zero attached hydrogens (tertiary/aromatic N) is 2. The first-order valence-electron chi connectivity index (χ1n) is 12.6. The van der Waals surface area contributed by atoms with E-state index in [4.69, 9.17) is 0 Å². The number of nitrogens with one attached hydrogen (secondary N) is 1. The third-order valence-corrected chi connectivity index (χ3v) is 7.60. The van der Waals surface area contributed by atoms with Gasteiger partial charge in [-0.1, -0.05) is 50.2 Å². The van der Waals surface area contributed by atoms with Gasteiger partial charge in [0.25, 0.3) is 0 Å². The first-order valence-corrected chi connectivity index (χ1v) is 12.6. The van der Waals surface area contributed by atoms with Crippen molar-refractivity contribution in [2.24, 2.45) is 5.41 Å². The SMILES string of the molecule is CC(C)(C(=O)NC1CCCC1O)C(Cc1ccccc1)c1ccc2c(cnn2-c2ccc(F)cc2)c1. The van der Waals surface area contributed by atoms with Crippen LogP contribution in [-0.4, -0.2) is 32.9 Å². The van der Waals surface area contributed by atoms with Gasteiger partial charge in [-0.25, -0.2) is 9.07 Å². The Balaban J connectivity index is 1.50. The molecule has 3 aromatic carbocycles. The Hall–Kier alpha value is -3.51. The Labute approximate surface area is 211 Å². The predicted molar refractivity (Wildman–Crippen MR) is 139 cm³/mol. The Kier molecular flexibility index (Phi) is 6.63. The summed E-state index contributed by atoms with van der Waals surface area (Å²) in [5.74, 6) is -0.430. The molecule has 1 amide bonds. The van der Waals surface area contributed by atoms with E-state index in [9.17, 15) is 14.3 Å². The summed E-state index contributed by atoms with van der Waals surface area (Å²) in [4.78, 5) is 13.6. The molecule has 1 saturated carbocycles. The first-order chi connectivity index (χ1) is 17.3. The Morgan fingerprint density at radius 2 is 1.86 bits per heavy atom. The molecule has 0 bridgehead atoms. The third-order valence-electron chi connectivity index (χ3n) is 7.60. The lowest BCUT2D eigenvalue weighted by Crippen LogP contribution is -2.48. The van der Waals surface area contributed by atoms with Crippen LogP contribution in [0.4, 0.5) is 4.39 Å². The van der Waals surface area contributed by atoms with Gasteiger partial charge in [0, 0.05) is 11.3 Å². The highest BCUT2D eigenvalue weighted by Crippen LogP contribution is 2.40. The van der Waals surface area contributed by atoms with Gasteiger partial charge in [-0.15, -0.1) is 0 Å². The van der Waals surface area contributed by atoms with Gasteiger partial charge in [0.05, 0.1) is 35.0 Å². The second kappa shape index (κ2) is 9.86. The van der Waals surface area contributed by atoms with Crippen LogP contribution >= 0.6 is 0 Å². The molecular formula is C30H32FN3O2. The van der Waals surface area contributed by atoms with Gasteiger partial charge >= 0.3 is 0 Å². The van der Waals surface area contributed by atoms with Gasteiger partial charge < -0.3 is 10.4 Å². The lowest BCUT2D eigenvalue weighted by atomic mass is 9.71. The minimum absolute atomic E-state index is 0.0449. The van der Waals surface area contributed by atoms with Crippen molar-refractivity contribution >= 4 is 16.8 Å². The number of amides is 1. The second-order valence-electron chi connectivity index (χ2n) is 10.4. The van der Waals surface area contributed by atoms with E-state index in [0.29, 0.717) is 6.42 Å². The molecule has 6 heteroatoms. The molecule has 5 rings (SSSR count). The van der Waals surface area contributed by atoms with Crippen molar-refractivity contribution in [1.29, 1.82) is 0 Å². The standard InChI is InChI=1S/C30H32FN3O2/c1-30(2,29(36)33-26-9-6-10-28(26)35)25(17-20-7-4-3-5-8-20)21-11-16-27-22(18-21)19-32-34(27)24-14-12-23(31)13-15-24/h3-5,7-8,11-16,18-19,25-26,28,35H,6,9-10,17H2,1-2H3,(H,33,36). The van der Waals surface area contributed by atoms with Gasteiger partial charge in [-0.05, 0) is 73.2 Å². The monoisotopic (exact) mass is 485 g/mol. The van der Waals surface area contributed by atoms with Crippen LogP contribution in [0.1, 0.15) is 50.2 Å². The Morgan fingerprint density at radius 1 is 1.11 bits per heavy atom. The summed E-state index contributed by atoms with van der Waals surface area (Å²) >= 11 is 0. The van der Waals surface area contributed by atoms with Crippen LogP contribution in [0, 0.1) is 11.2 Å². The van der Waals surface area contributed by atoms with E-state index in [1.54, 1.807) is 16.8 Å². The molecule has 36 heavy (non-hydrogen) atoms. The maximum atomic E-state index is 13.6. The van der Waals surface area contributed by atoms with E-state index in [1.165, 1.54) is 12.1 Å². The quantitative estimate of drug-likeness (QED) is 0.361. The zero-order valence-electron chi connectivity index (χ0n) is 20.7. The molecule has 3 unspecified atom stereocenters. The third kappa shape index (κ3) is 4.78. The average Bonchev–Trinajstić information content (AvgIpc) is 3.49. The van der Waals surface area contributed by atoms with E-state index in [1.807, 2.05) is 44.3 Å². The summed E-state index contributed by atoms with van der Waals surface area (Å²) in [6.45, 7) is 3.98. The molecule has 1 aliphatic rings. The first kappa shape index (κ1) is 24.2. The summed E-state index contributed by atoms with van der Waals surface area (Å²) < 4.78 is 15.2. The van der Waals surface area contributed by atoms with Crippen molar-refractivity contribution in [2.45, 2.75) is 57.6 Å². The molecule has 0 spiro atoms. The lowest BCUT2D eigenvalue weighted by Gasteiger charge is -2.35. The predicted octanol–water partition coefficient (Wildman–Crippen LogP) is 5.55. The van der Waals surface area contributed by atoms with Crippen LogP contribution in [0.25, 0.3) is 16.6 Å². The summed E-state index contributed by atoms with van der Waals surface area (Å²) in [7, 11) is 0. The highest BCUT2D eigenvalue weighted by atomic mass is 19.1. The van der Waals surface area contributed by atoms with Gasteiger partial charge in [0.15, 0.2) is 0 Å². The van der Waals surface area contributed by atoms with E-state index in [-0.39, 0.29) is 23.7 Å². The summed E-state index contributed by atoms with van der Waals surface area (Å²) in [5, 5.41) is 18.9. The number of aliphatic hydroxyl groups excluding tert-OH is 1. The Morgan fingerprint density at radius 3 is 2.56 bits per heavy atom. The van der Waals surface area contributed by atoms with Crippen molar-refractivity contribution in [2.75, 3.05) is 0 Å². The molecule has 1 aliphatic carbocycles. The molecule has 5 nitrogen and oxygen atoms in total. The Bertz CT molecular complexity index is 1350. The largest absolute Gasteiger partial charge is 0.391 e. The van der Waals surface area contributed by atoms with Crippen LogP contribution in [0.2, 0.25) is 0 Å². The molecule has 3 atom stereocenters. The van der Waals surface area contributed by atoms with E-state index < -0.39 is 11.5 Å². The maximum Gasteiger partial charge on any atom is 0.226 e. The lowest BCUT2D eigenvalue weighted by molar-refractivity contribution is -0.132. The second-order valence-corrected chi connectivity index (χ2v) is 10.4. The smallest absolute Gasteiger partial charge is 0.226 e. The summed E-state index contributed by atoms with van der Waals surface area (Å²) in [6, 6.07) is 22.5. The fourth-order valence-corrected chi connectivity index (χ4v) is 5.32. The number of rotatable bonds is 7. The van der Waals surface area contributed by atoms with Crippen LogP contribution in [-0.2, 0) is 11.2 Å². The molecule has 0 saturated heterocycles. The molecule has 0 aliphatic heterocycles. The average molecular weight is 486 g/mol. The molecule has 1 heterocycles. The van der Waals surface area contributed by atoms with Crippen molar-refractivity contribution in [1.82, 2.24) is 15.1 Å². The van der Waals surface area contributed by atoms with E-state index in [2.05, 4.69) is 34.7 Å². The highest BCUT2D eigenvalue weighted by molar-refractivity contribution is 5.85. The summed E-state index contributed by atoms with van der Waals surface area (Å²) in [5.41, 5.74) is 3.19. The number of aliphatic hydroxyl groups is 1. The number of carbonyl (C=O) groups excluding carboxylic acids is 1. The fraction of sp³-hybridized carbons (Fsp3) is 0.333. The van der Waals surface area contributed by atoms with Gasteiger partial charge in [0.1, 0.15) is 5.82 Å². The van der Waals surface area contributed by atoms with Gasteiger partial charge in [-0.3, -0.25) is 4.79 Å². The van der Waals surface area contributed by atoms with E-state index in [0.717, 1.165) is 47.0 Å². The van der Waals surface area contributed by atoms with Crippen molar-refractivity contribution in [3.05, 3.63) is 95.9 Å². The van der Waals surface area contributed by atoms with Crippen LogP contribution in [0.15, 0.2) is 79.0 Å². The number of aromatic nitrogens is 2. The number of hydrogen-bond acceptors (Lipinski definition) is 3.